The maximum absolute atomic E-state index is 12.6. The van der Waals surface area contributed by atoms with Crippen molar-refractivity contribution in [1.29, 1.82) is 0 Å². The van der Waals surface area contributed by atoms with Crippen LogP contribution in [0.1, 0.15) is 41.2 Å². The maximum Gasteiger partial charge on any atom is 0.239 e. The second kappa shape index (κ2) is 8.53. The van der Waals surface area contributed by atoms with Gasteiger partial charge in [0.15, 0.2) is 0 Å². The summed E-state index contributed by atoms with van der Waals surface area (Å²) in [4.78, 5) is 17.2. The molecule has 27 heavy (non-hydrogen) atoms. The van der Waals surface area contributed by atoms with Crippen LogP contribution in [0.5, 0.6) is 0 Å². The Morgan fingerprint density at radius 2 is 1.96 bits per heavy atom. The summed E-state index contributed by atoms with van der Waals surface area (Å²) in [6.07, 6.45) is 0.999. The lowest BCUT2D eigenvalue weighted by atomic mass is 9.96. The summed E-state index contributed by atoms with van der Waals surface area (Å²) in [6.45, 7) is 9.28. The molecule has 1 amide bonds. The molecule has 2 heterocycles. The number of aryl methyl sites for hydroxylation is 2. The normalized spacial score (nSPS) is 12.1. The number of nitrogens with one attached hydrogen (secondary N) is 1. The Bertz CT molecular complexity index is 911. The minimum absolute atomic E-state index is 0.0483. The van der Waals surface area contributed by atoms with Crippen LogP contribution in [-0.4, -0.2) is 22.0 Å². The number of benzene rings is 1. The highest BCUT2D eigenvalue weighted by Gasteiger charge is 2.16. The van der Waals surface area contributed by atoms with E-state index < -0.39 is 0 Å². The summed E-state index contributed by atoms with van der Waals surface area (Å²) in [7, 11) is 0. The lowest BCUT2D eigenvalue weighted by Crippen LogP contribution is -2.31. The molecule has 0 saturated carbocycles. The van der Waals surface area contributed by atoms with Gasteiger partial charge in [-0.05, 0) is 38.8 Å². The Kier molecular flexibility index (Phi) is 6.11. The fourth-order valence-corrected chi connectivity index (χ4v) is 4.06. The second-order valence-electron chi connectivity index (χ2n) is 6.94. The molecule has 142 valence electrons. The molecule has 0 radical (unpaired) electrons. The molecule has 0 fully saturated rings. The first-order chi connectivity index (χ1) is 13.0. The fourth-order valence-electron chi connectivity index (χ4n) is 3.45. The maximum atomic E-state index is 12.6. The molecule has 0 bridgehead atoms. The fraction of sp³-hybridized carbons (Fsp3) is 0.364. The van der Waals surface area contributed by atoms with E-state index in [1.165, 1.54) is 5.56 Å². The average Bonchev–Trinajstić information content (AvgIpc) is 3.21. The zero-order valence-corrected chi connectivity index (χ0v) is 17.3. The number of thiazole rings is 1. The number of amides is 1. The summed E-state index contributed by atoms with van der Waals surface area (Å²) in [5, 5.41) is 6.25. The topological polar surface area (TPSA) is 46.9 Å². The Balaban J connectivity index is 1.67. The predicted octanol–water partition coefficient (Wildman–Crippen LogP) is 4.85. The third-order valence-corrected chi connectivity index (χ3v) is 5.85. The lowest BCUT2D eigenvalue weighted by Gasteiger charge is -2.17. The molecule has 1 N–H and O–H groups in total. The summed E-state index contributed by atoms with van der Waals surface area (Å²) < 4.78 is 2.07. The molecular formula is C22H27N3OS. The number of aromatic nitrogens is 2. The van der Waals surface area contributed by atoms with Gasteiger partial charge in [0, 0.05) is 34.8 Å². The zero-order valence-electron chi connectivity index (χ0n) is 16.5. The van der Waals surface area contributed by atoms with Crippen LogP contribution in [0, 0.1) is 20.8 Å². The van der Waals surface area contributed by atoms with E-state index in [0.29, 0.717) is 19.0 Å². The van der Waals surface area contributed by atoms with E-state index >= 15 is 0 Å². The first-order valence-corrected chi connectivity index (χ1v) is 10.3. The van der Waals surface area contributed by atoms with E-state index in [0.717, 1.165) is 34.1 Å². The smallest absolute Gasteiger partial charge is 0.239 e. The molecule has 0 spiro atoms. The van der Waals surface area contributed by atoms with Crippen molar-refractivity contribution < 1.29 is 4.79 Å². The van der Waals surface area contributed by atoms with Crippen molar-refractivity contribution in [1.82, 2.24) is 14.9 Å². The van der Waals surface area contributed by atoms with Gasteiger partial charge in [0.25, 0.3) is 0 Å². The zero-order chi connectivity index (χ0) is 19.4. The molecule has 2 aromatic heterocycles. The van der Waals surface area contributed by atoms with Gasteiger partial charge in [-0.1, -0.05) is 37.3 Å². The van der Waals surface area contributed by atoms with Crippen LogP contribution in [0.25, 0.3) is 11.3 Å². The summed E-state index contributed by atoms with van der Waals surface area (Å²) in [5.74, 6) is 0.391. The number of nitrogens with zero attached hydrogens (tertiary/aromatic N) is 2. The van der Waals surface area contributed by atoms with Gasteiger partial charge in [0.05, 0.1) is 10.7 Å². The number of rotatable bonds is 7. The number of carbonyl (C=O) groups excluding carboxylic acids is 1. The Hall–Kier alpha value is -2.40. The van der Waals surface area contributed by atoms with E-state index in [-0.39, 0.29) is 5.91 Å². The molecule has 0 aliphatic rings. The average molecular weight is 382 g/mol. The molecule has 0 aliphatic carbocycles. The largest absolute Gasteiger partial charge is 0.354 e. The summed E-state index contributed by atoms with van der Waals surface area (Å²) in [5.41, 5.74) is 5.55. The van der Waals surface area contributed by atoms with E-state index in [9.17, 15) is 4.79 Å². The molecule has 5 heteroatoms. The lowest BCUT2D eigenvalue weighted by molar-refractivity contribution is -0.121. The van der Waals surface area contributed by atoms with Crippen molar-refractivity contribution in [3.8, 4) is 11.3 Å². The van der Waals surface area contributed by atoms with Crippen molar-refractivity contribution in [2.45, 2.75) is 46.6 Å². The van der Waals surface area contributed by atoms with Gasteiger partial charge in [0.1, 0.15) is 6.54 Å². The monoisotopic (exact) mass is 381 g/mol. The Morgan fingerprint density at radius 3 is 2.59 bits per heavy atom. The Labute approximate surface area is 165 Å². The van der Waals surface area contributed by atoms with Gasteiger partial charge in [-0.25, -0.2) is 4.98 Å². The number of hydrogen-bond acceptors (Lipinski definition) is 3. The highest BCUT2D eigenvalue weighted by molar-refractivity contribution is 7.09. The molecule has 0 aliphatic heterocycles. The molecular weight excluding hydrogens is 354 g/mol. The van der Waals surface area contributed by atoms with E-state index in [2.05, 4.69) is 52.3 Å². The highest BCUT2D eigenvalue weighted by Crippen LogP contribution is 2.28. The number of carbonyl (C=O) groups is 1. The molecule has 4 nitrogen and oxygen atoms in total. The highest BCUT2D eigenvalue weighted by atomic mass is 32.1. The van der Waals surface area contributed by atoms with Crippen LogP contribution < -0.4 is 5.32 Å². The van der Waals surface area contributed by atoms with Crippen LogP contribution >= 0.6 is 11.3 Å². The van der Waals surface area contributed by atoms with Crippen LogP contribution in [0.3, 0.4) is 0 Å². The van der Waals surface area contributed by atoms with Crippen molar-refractivity contribution in [2.75, 3.05) is 6.54 Å². The van der Waals surface area contributed by atoms with E-state index in [4.69, 9.17) is 0 Å². The minimum atomic E-state index is 0.0483. The third-order valence-electron chi connectivity index (χ3n) is 5.08. The van der Waals surface area contributed by atoms with Gasteiger partial charge < -0.3 is 9.88 Å². The molecule has 3 rings (SSSR count). The van der Waals surface area contributed by atoms with Crippen molar-refractivity contribution in [2.24, 2.45) is 0 Å². The van der Waals surface area contributed by atoms with Crippen molar-refractivity contribution in [3.05, 3.63) is 63.7 Å². The SMILES string of the molecule is CCC(CNC(=O)Cn1c(C)cc(-c2csc(C)n2)c1C)c1ccccc1. The van der Waals surface area contributed by atoms with E-state index in [1.807, 2.05) is 32.0 Å². The van der Waals surface area contributed by atoms with Gasteiger partial charge >= 0.3 is 0 Å². The van der Waals surface area contributed by atoms with Gasteiger partial charge in [-0.15, -0.1) is 11.3 Å². The van der Waals surface area contributed by atoms with Crippen molar-refractivity contribution in [3.63, 3.8) is 0 Å². The second-order valence-corrected chi connectivity index (χ2v) is 8.00. The number of hydrogen-bond donors (Lipinski definition) is 1. The summed E-state index contributed by atoms with van der Waals surface area (Å²) >= 11 is 1.65. The first kappa shape index (κ1) is 19.4. The molecule has 1 unspecified atom stereocenters. The molecule has 1 aromatic carbocycles. The Morgan fingerprint density at radius 1 is 1.22 bits per heavy atom. The van der Waals surface area contributed by atoms with E-state index in [1.54, 1.807) is 11.3 Å². The van der Waals surface area contributed by atoms with Crippen LogP contribution in [0.15, 0.2) is 41.8 Å². The quantitative estimate of drug-likeness (QED) is 0.636. The molecule has 3 aromatic rings. The summed E-state index contributed by atoms with van der Waals surface area (Å²) in [6, 6.07) is 12.5. The van der Waals surface area contributed by atoms with Gasteiger partial charge in [-0.2, -0.15) is 0 Å². The van der Waals surface area contributed by atoms with Gasteiger partial charge in [-0.3, -0.25) is 4.79 Å². The molecule has 0 saturated heterocycles. The van der Waals surface area contributed by atoms with Crippen molar-refractivity contribution >= 4 is 17.2 Å². The van der Waals surface area contributed by atoms with Crippen LogP contribution in [-0.2, 0) is 11.3 Å². The van der Waals surface area contributed by atoms with Crippen LogP contribution in [0.2, 0.25) is 0 Å². The molecule has 1 atom stereocenters. The first-order valence-electron chi connectivity index (χ1n) is 9.40. The van der Waals surface area contributed by atoms with Gasteiger partial charge in [0.2, 0.25) is 5.91 Å². The minimum Gasteiger partial charge on any atom is -0.354 e. The van der Waals surface area contributed by atoms with Crippen LogP contribution in [0.4, 0.5) is 0 Å². The standard InChI is InChI=1S/C22H27N3OS/c1-5-18(19-9-7-6-8-10-19)12-23-22(26)13-25-15(2)11-20(16(25)3)21-14-27-17(4)24-21/h6-11,14,18H,5,12-13H2,1-4H3,(H,23,26). The third kappa shape index (κ3) is 4.48. The predicted molar refractivity (Wildman–Crippen MR) is 112 cm³/mol.